The Morgan fingerprint density at radius 1 is 0.354 bits per heavy atom. The molecule has 1 aliphatic rings. The van der Waals surface area contributed by atoms with Crippen LogP contribution in [0.4, 0.5) is 0 Å². The predicted octanol–water partition coefficient (Wildman–Crippen LogP) is 17.2. The van der Waals surface area contributed by atoms with Gasteiger partial charge in [-0.15, -0.1) is 0 Å². The number of nitrogens with zero attached hydrogens (tertiary/aromatic N) is 1. The first-order chi connectivity index (χ1) is 40.3. The topological polar surface area (TPSA) is 138 Å². The van der Waals surface area contributed by atoms with E-state index in [2.05, 4.69) is 39.6 Å². The zero-order valence-corrected chi connectivity index (χ0v) is 54.5. The summed E-state index contributed by atoms with van der Waals surface area (Å²) in [5.41, 5.74) is 0. The Morgan fingerprint density at radius 3 is 1.10 bits per heavy atom. The van der Waals surface area contributed by atoms with Crippen molar-refractivity contribution in [3.8, 4) is 0 Å². The number of carbonyl (C=O) groups is 3. The Bertz CT molecular complexity index is 1320. The van der Waals surface area contributed by atoms with Crippen molar-refractivity contribution >= 4 is 17.9 Å². The standard InChI is InChI=1S/C69H133NO12/c1-6-10-14-18-24-32-40-64(41-33-25-19-15-11-7-2)81-67(71)44-36-28-22-30-38-50-77-61-66(62-78-57-56-75-53-52-74-54-55-76-58-59-80-69(73)60-63-46-48-70(5)49-47-63)79-51-39-31-23-29-37-45-68(72)82-65(42-34-26-20-16-12-8-3)43-35-27-21-17-13-9-4/h63-66H,6-62H2,1-5H3. The van der Waals surface area contributed by atoms with Crippen LogP contribution in [-0.2, 0) is 57.0 Å². The largest absolute Gasteiger partial charge is 0.463 e. The smallest absolute Gasteiger partial charge is 0.306 e. The van der Waals surface area contributed by atoms with Crippen molar-refractivity contribution in [2.75, 3.05) is 99.4 Å². The maximum Gasteiger partial charge on any atom is 0.306 e. The van der Waals surface area contributed by atoms with Gasteiger partial charge in [0.15, 0.2) is 0 Å². The second kappa shape index (κ2) is 62.2. The minimum Gasteiger partial charge on any atom is -0.463 e. The zero-order valence-electron chi connectivity index (χ0n) is 54.5. The second-order valence-corrected chi connectivity index (χ2v) is 24.1. The average molecular weight is 1170 g/mol. The quantitative estimate of drug-likeness (QED) is 0.0325. The molecular formula is C69H133NO12. The molecule has 1 fully saturated rings. The third-order valence-corrected chi connectivity index (χ3v) is 16.2. The van der Waals surface area contributed by atoms with Crippen molar-refractivity contribution in [3.63, 3.8) is 0 Å². The number of rotatable bonds is 65. The van der Waals surface area contributed by atoms with Crippen molar-refractivity contribution in [2.45, 2.75) is 322 Å². The van der Waals surface area contributed by atoms with E-state index in [1.165, 1.54) is 128 Å². The first-order valence-corrected chi connectivity index (χ1v) is 35.0. The molecule has 0 amide bonds. The Hall–Kier alpha value is -1.87. The van der Waals surface area contributed by atoms with Crippen LogP contribution in [0.5, 0.6) is 0 Å². The number of ether oxygens (including phenoxy) is 9. The lowest BCUT2D eigenvalue weighted by atomic mass is 9.94. The van der Waals surface area contributed by atoms with Crippen LogP contribution in [-0.4, -0.2) is 141 Å². The summed E-state index contributed by atoms with van der Waals surface area (Å²) in [5.74, 6) is 0.265. The fraction of sp³-hybridized carbons (Fsp3) is 0.957. The first kappa shape index (κ1) is 78.1. The van der Waals surface area contributed by atoms with E-state index in [0.717, 1.165) is 142 Å². The van der Waals surface area contributed by atoms with Crippen LogP contribution in [0.25, 0.3) is 0 Å². The lowest BCUT2D eigenvalue weighted by Crippen LogP contribution is -2.31. The molecule has 1 rings (SSSR count). The maximum absolute atomic E-state index is 12.9. The molecule has 13 nitrogen and oxygen atoms in total. The summed E-state index contributed by atoms with van der Waals surface area (Å²) >= 11 is 0. The lowest BCUT2D eigenvalue weighted by molar-refractivity contribution is -0.151. The molecule has 0 aliphatic carbocycles. The van der Waals surface area contributed by atoms with Gasteiger partial charge in [0.25, 0.3) is 0 Å². The van der Waals surface area contributed by atoms with E-state index in [1.807, 2.05) is 0 Å². The van der Waals surface area contributed by atoms with Gasteiger partial charge < -0.3 is 47.5 Å². The van der Waals surface area contributed by atoms with Gasteiger partial charge in [0.1, 0.15) is 24.9 Å². The molecule has 486 valence electrons. The molecule has 13 heteroatoms. The number of carbonyl (C=O) groups excluding carboxylic acids is 3. The van der Waals surface area contributed by atoms with Crippen molar-refractivity contribution in [3.05, 3.63) is 0 Å². The summed E-state index contributed by atoms with van der Waals surface area (Å²) in [6, 6.07) is 0. The van der Waals surface area contributed by atoms with Crippen LogP contribution < -0.4 is 0 Å². The molecule has 0 radical (unpaired) electrons. The number of esters is 3. The number of piperidine rings is 1. The van der Waals surface area contributed by atoms with E-state index in [-0.39, 0.29) is 42.8 Å². The van der Waals surface area contributed by atoms with E-state index < -0.39 is 0 Å². The summed E-state index contributed by atoms with van der Waals surface area (Å²) in [6.07, 6.45) is 48.0. The normalized spacial score (nSPS) is 13.6. The summed E-state index contributed by atoms with van der Waals surface area (Å²) in [5, 5.41) is 0. The van der Waals surface area contributed by atoms with Crippen LogP contribution in [0.2, 0.25) is 0 Å². The summed E-state index contributed by atoms with van der Waals surface area (Å²) in [7, 11) is 2.12. The number of unbranched alkanes of at least 4 members (excludes halogenated alkanes) is 28. The maximum atomic E-state index is 12.9. The lowest BCUT2D eigenvalue weighted by Gasteiger charge is -2.28. The third-order valence-electron chi connectivity index (χ3n) is 16.2. The highest BCUT2D eigenvalue weighted by atomic mass is 16.6. The first-order valence-electron chi connectivity index (χ1n) is 35.0. The number of hydrogen-bond acceptors (Lipinski definition) is 13. The van der Waals surface area contributed by atoms with Crippen LogP contribution >= 0.6 is 0 Å². The molecule has 0 aromatic carbocycles. The second-order valence-electron chi connectivity index (χ2n) is 24.1. The van der Waals surface area contributed by atoms with E-state index in [0.29, 0.717) is 97.9 Å². The molecule has 0 bridgehead atoms. The molecule has 1 aliphatic heterocycles. The minimum atomic E-state index is -0.168. The SMILES string of the molecule is CCCCCCCCC(CCCCCCCC)OC(=O)CCCCCCCOCC(COCCOCCOCCOCCOC(=O)CC1CCN(C)CC1)OCCCCCCCC(=O)OC(CCCCCCCC)CCCCCCCC. The molecule has 0 aromatic rings. The van der Waals surface area contributed by atoms with Crippen molar-refractivity contribution in [2.24, 2.45) is 5.92 Å². The average Bonchev–Trinajstić information content (AvgIpc) is 3.47. The van der Waals surface area contributed by atoms with Crippen LogP contribution in [0.15, 0.2) is 0 Å². The molecule has 0 spiro atoms. The molecule has 82 heavy (non-hydrogen) atoms. The van der Waals surface area contributed by atoms with Gasteiger partial charge in [-0.3, -0.25) is 14.4 Å². The molecular weight excluding hydrogens is 1030 g/mol. The fourth-order valence-corrected chi connectivity index (χ4v) is 10.8. The molecule has 0 saturated carbocycles. The van der Waals surface area contributed by atoms with Gasteiger partial charge in [-0.1, -0.05) is 195 Å². The van der Waals surface area contributed by atoms with Crippen molar-refractivity contribution in [1.29, 1.82) is 0 Å². The highest BCUT2D eigenvalue weighted by Gasteiger charge is 2.21. The van der Waals surface area contributed by atoms with Crippen LogP contribution in [0.3, 0.4) is 0 Å². The van der Waals surface area contributed by atoms with E-state index in [4.69, 9.17) is 42.6 Å². The van der Waals surface area contributed by atoms with Gasteiger partial charge in [0.2, 0.25) is 0 Å². The minimum absolute atomic E-state index is 0.0128. The number of hydrogen-bond donors (Lipinski definition) is 0. The Labute approximate surface area is 505 Å². The Kier molecular flexibility index (Phi) is 59.3. The van der Waals surface area contributed by atoms with Crippen molar-refractivity contribution < 1.29 is 57.0 Å². The van der Waals surface area contributed by atoms with Crippen LogP contribution in [0, 0.1) is 5.92 Å². The van der Waals surface area contributed by atoms with Crippen molar-refractivity contribution in [1.82, 2.24) is 4.90 Å². The molecule has 1 atom stereocenters. The van der Waals surface area contributed by atoms with Gasteiger partial charge in [0.05, 0.1) is 59.5 Å². The molecule has 1 unspecified atom stereocenters. The Morgan fingerprint density at radius 2 is 0.683 bits per heavy atom. The molecule has 1 heterocycles. The van der Waals surface area contributed by atoms with Gasteiger partial charge >= 0.3 is 17.9 Å². The molecule has 0 N–H and O–H groups in total. The highest BCUT2D eigenvalue weighted by Crippen LogP contribution is 2.22. The fourth-order valence-electron chi connectivity index (χ4n) is 10.8. The number of likely N-dealkylation sites (tertiary alicyclic amines) is 1. The summed E-state index contributed by atoms with van der Waals surface area (Å²) < 4.78 is 53.0. The predicted molar refractivity (Wildman–Crippen MR) is 337 cm³/mol. The van der Waals surface area contributed by atoms with E-state index in [1.54, 1.807) is 0 Å². The van der Waals surface area contributed by atoms with Gasteiger partial charge in [0, 0.05) is 32.5 Å². The van der Waals surface area contributed by atoms with E-state index >= 15 is 0 Å². The monoisotopic (exact) mass is 1170 g/mol. The summed E-state index contributed by atoms with van der Waals surface area (Å²) in [6.45, 7) is 16.7. The van der Waals surface area contributed by atoms with E-state index in [9.17, 15) is 14.4 Å². The highest BCUT2D eigenvalue weighted by molar-refractivity contribution is 5.70. The summed E-state index contributed by atoms with van der Waals surface area (Å²) in [4.78, 5) is 40.3. The van der Waals surface area contributed by atoms with Gasteiger partial charge in [-0.25, -0.2) is 0 Å². The third kappa shape index (κ3) is 54.8. The Balaban J connectivity index is 2.41. The zero-order chi connectivity index (χ0) is 59.3. The van der Waals surface area contributed by atoms with Gasteiger partial charge in [-0.2, -0.15) is 0 Å². The van der Waals surface area contributed by atoms with Gasteiger partial charge in [-0.05, 0) is 116 Å². The van der Waals surface area contributed by atoms with Crippen LogP contribution in [0.1, 0.15) is 304 Å². The molecule has 1 saturated heterocycles. The molecule has 0 aromatic heterocycles.